The topological polar surface area (TPSA) is 27.7 Å². The van der Waals surface area contributed by atoms with Crippen LogP contribution in [0.5, 0.6) is 17.2 Å². The third-order valence-electron chi connectivity index (χ3n) is 3.17. The first-order valence-corrected chi connectivity index (χ1v) is 7.22. The molecule has 0 radical (unpaired) electrons. The fourth-order valence-corrected chi connectivity index (χ4v) is 2.80. The molecule has 0 saturated heterocycles. The van der Waals surface area contributed by atoms with Gasteiger partial charge in [-0.1, -0.05) is 28.1 Å². The van der Waals surface area contributed by atoms with Crippen LogP contribution in [0.1, 0.15) is 16.0 Å². The summed E-state index contributed by atoms with van der Waals surface area (Å²) >= 11 is 3.62. The summed E-state index contributed by atoms with van der Waals surface area (Å²) in [5.41, 5.74) is 1.80. The zero-order valence-electron chi connectivity index (χ0n) is 12.0. The van der Waals surface area contributed by atoms with Crippen LogP contribution in [0.2, 0.25) is 0 Å². The number of benzene rings is 2. The maximum absolute atomic E-state index is 13.0. The van der Waals surface area contributed by atoms with Crippen LogP contribution in [-0.2, 0) is 0 Å². The molecule has 112 valence electrons. The molecule has 0 amide bonds. The SMILES string of the molecule is COc1ccc(C(Br)c2ccc(F)cc2)c(OC)c1OC. The van der Waals surface area contributed by atoms with Crippen molar-refractivity contribution in [2.24, 2.45) is 0 Å². The second-order valence-electron chi connectivity index (χ2n) is 4.34. The van der Waals surface area contributed by atoms with Crippen LogP contribution in [0.25, 0.3) is 0 Å². The van der Waals surface area contributed by atoms with Gasteiger partial charge in [-0.2, -0.15) is 0 Å². The number of hydrogen-bond donors (Lipinski definition) is 0. The second-order valence-corrected chi connectivity index (χ2v) is 5.25. The first-order valence-electron chi connectivity index (χ1n) is 6.30. The summed E-state index contributed by atoms with van der Waals surface area (Å²) in [6, 6.07) is 10.0. The molecule has 0 N–H and O–H groups in total. The summed E-state index contributed by atoms with van der Waals surface area (Å²) in [4.78, 5) is -0.146. The third-order valence-corrected chi connectivity index (χ3v) is 4.19. The zero-order chi connectivity index (χ0) is 15.4. The molecule has 1 atom stereocenters. The summed E-state index contributed by atoms with van der Waals surface area (Å²) < 4.78 is 29.1. The lowest BCUT2D eigenvalue weighted by Gasteiger charge is -2.19. The molecule has 3 nitrogen and oxygen atoms in total. The summed E-state index contributed by atoms with van der Waals surface area (Å²) in [7, 11) is 4.71. The van der Waals surface area contributed by atoms with Gasteiger partial charge in [-0.3, -0.25) is 0 Å². The zero-order valence-corrected chi connectivity index (χ0v) is 13.6. The molecule has 0 aliphatic carbocycles. The minimum absolute atomic E-state index is 0.146. The summed E-state index contributed by atoms with van der Waals surface area (Å²) in [5.74, 6) is 1.45. The smallest absolute Gasteiger partial charge is 0.203 e. The molecular weight excluding hydrogens is 339 g/mol. The van der Waals surface area contributed by atoms with E-state index in [0.29, 0.717) is 17.2 Å². The van der Waals surface area contributed by atoms with E-state index >= 15 is 0 Å². The van der Waals surface area contributed by atoms with E-state index in [4.69, 9.17) is 14.2 Å². The lowest BCUT2D eigenvalue weighted by molar-refractivity contribution is 0.322. The minimum Gasteiger partial charge on any atom is -0.493 e. The molecule has 0 aliphatic rings. The van der Waals surface area contributed by atoms with Crippen molar-refractivity contribution in [1.82, 2.24) is 0 Å². The average Bonchev–Trinajstić information content (AvgIpc) is 2.53. The molecule has 0 fully saturated rings. The highest BCUT2D eigenvalue weighted by Gasteiger charge is 2.21. The molecule has 2 aromatic carbocycles. The number of methoxy groups -OCH3 is 3. The van der Waals surface area contributed by atoms with E-state index in [1.807, 2.05) is 12.1 Å². The Morgan fingerprint density at radius 1 is 0.857 bits per heavy atom. The highest BCUT2D eigenvalue weighted by atomic mass is 79.9. The highest BCUT2D eigenvalue weighted by Crippen LogP contribution is 2.45. The van der Waals surface area contributed by atoms with Crippen LogP contribution >= 0.6 is 15.9 Å². The molecule has 21 heavy (non-hydrogen) atoms. The van der Waals surface area contributed by atoms with Crippen LogP contribution in [0.3, 0.4) is 0 Å². The quantitative estimate of drug-likeness (QED) is 0.747. The van der Waals surface area contributed by atoms with E-state index in [1.54, 1.807) is 33.5 Å². The van der Waals surface area contributed by atoms with E-state index in [9.17, 15) is 4.39 Å². The monoisotopic (exact) mass is 354 g/mol. The van der Waals surface area contributed by atoms with Gasteiger partial charge < -0.3 is 14.2 Å². The van der Waals surface area contributed by atoms with Crippen molar-refractivity contribution < 1.29 is 18.6 Å². The van der Waals surface area contributed by atoms with Crippen molar-refractivity contribution in [1.29, 1.82) is 0 Å². The van der Waals surface area contributed by atoms with Gasteiger partial charge in [-0.05, 0) is 29.8 Å². The summed E-state index contributed by atoms with van der Waals surface area (Å²) in [6.07, 6.45) is 0. The molecule has 0 bridgehead atoms. The summed E-state index contributed by atoms with van der Waals surface area (Å²) in [5, 5.41) is 0. The number of alkyl halides is 1. The first kappa shape index (κ1) is 15.6. The van der Waals surface area contributed by atoms with Gasteiger partial charge in [0.1, 0.15) is 5.82 Å². The van der Waals surface area contributed by atoms with Crippen molar-refractivity contribution >= 4 is 15.9 Å². The maximum atomic E-state index is 13.0. The lowest BCUT2D eigenvalue weighted by atomic mass is 10.0. The van der Waals surface area contributed by atoms with Crippen LogP contribution in [0.15, 0.2) is 36.4 Å². The number of halogens is 2. The molecule has 2 rings (SSSR count). The Morgan fingerprint density at radius 3 is 2.00 bits per heavy atom. The Hall–Kier alpha value is -1.75. The molecule has 0 spiro atoms. The van der Waals surface area contributed by atoms with Crippen LogP contribution in [0, 0.1) is 5.82 Å². The number of ether oxygens (including phenoxy) is 3. The maximum Gasteiger partial charge on any atom is 0.203 e. The molecule has 1 unspecified atom stereocenters. The van der Waals surface area contributed by atoms with E-state index in [1.165, 1.54) is 12.1 Å². The van der Waals surface area contributed by atoms with Crippen molar-refractivity contribution in [2.45, 2.75) is 4.83 Å². The van der Waals surface area contributed by atoms with Crippen molar-refractivity contribution in [3.8, 4) is 17.2 Å². The number of rotatable bonds is 5. The second kappa shape index (κ2) is 6.80. The predicted molar refractivity (Wildman–Crippen MR) is 83.3 cm³/mol. The van der Waals surface area contributed by atoms with Crippen LogP contribution < -0.4 is 14.2 Å². The Morgan fingerprint density at radius 2 is 1.48 bits per heavy atom. The van der Waals surface area contributed by atoms with E-state index in [2.05, 4.69) is 15.9 Å². The van der Waals surface area contributed by atoms with E-state index in [-0.39, 0.29) is 10.6 Å². The van der Waals surface area contributed by atoms with Crippen molar-refractivity contribution in [3.63, 3.8) is 0 Å². The lowest BCUT2D eigenvalue weighted by Crippen LogP contribution is -2.01. The van der Waals surface area contributed by atoms with Gasteiger partial charge >= 0.3 is 0 Å². The van der Waals surface area contributed by atoms with Crippen LogP contribution in [0.4, 0.5) is 4.39 Å². The minimum atomic E-state index is -0.266. The molecule has 0 saturated carbocycles. The molecule has 2 aromatic rings. The average molecular weight is 355 g/mol. The highest BCUT2D eigenvalue weighted by molar-refractivity contribution is 9.09. The Kier molecular flexibility index (Phi) is 5.07. The molecule has 0 heterocycles. The molecule has 0 aliphatic heterocycles. The number of hydrogen-bond acceptors (Lipinski definition) is 3. The van der Waals surface area contributed by atoms with Gasteiger partial charge in [0.2, 0.25) is 5.75 Å². The third kappa shape index (κ3) is 3.13. The Labute approximate surface area is 131 Å². The largest absolute Gasteiger partial charge is 0.493 e. The molecular formula is C16H16BrFO3. The Balaban J connectivity index is 2.50. The molecule has 0 aromatic heterocycles. The van der Waals surface area contributed by atoms with Crippen LogP contribution in [-0.4, -0.2) is 21.3 Å². The van der Waals surface area contributed by atoms with Gasteiger partial charge in [0.25, 0.3) is 0 Å². The Bertz CT molecular complexity index is 614. The fraction of sp³-hybridized carbons (Fsp3) is 0.250. The van der Waals surface area contributed by atoms with Crippen molar-refractivity contribution in [3.05, 3.63) is 53.3 Å². The van der Waals surface area contributed by atoms with Gasteiger partial charge in [0.05, 0.1) is 26.2 Å². The van der Waals surface area contributed by atoms with Gasteiger partial charge in [0.15, 0.2) is 11.5 Å². The van der Waals surface area contributed by atoms with E-state index in [0.717, 1.165) is 11.1 Å². The normalized spacial score (nSPS) is 11.9. The molecule has 5 heteroatoms. The standard InChI is InChI=1S/C16H16BrFO3/c1-19-13-9-8-12(15(20-2)16(13)21-3)14(17)10-4-6-11(18)7-5-10/h4-9,14H,1-3H3. The predicted octanol–water partition coefficient (Wildman–Crippen LogP) is 4.34. The van der Waals surface area contributed by atoms with Crippen molar-refractivity contribution in [2.75, 3.05) is 21.3 Å². The summed E-state index contributed by atoms with van der Waals surface area (Å²) in [6.45, 7) is 0. The van der Waals surface area contributed by atoms with Gasteiger partial charge in [-0.15, -0.1) is 0 Å². The first-order chi connectivity index (χ1) is 10.1. The van der Waals surface area contributed by atoms with Gasteiger partial charge in [0, 0.05) is 5.56 Å². The van der Waals surface area contributed by atoms with E-state index < -0.39 is 0 Å². The van der Waals surface area contributed by atoms with Gasteiger partial charge in [-0.25, -0.2) is 4.39 Å². The fourth-order valence-electron chi connectivity index (χ4n) is 2.14.